The summed E-state index contributed by atoms with van der Waals surface area (Å²) in [5, 5.41) is 14.3. The summed E-state index contributed by atoms with van der Waals surface area (Å²) in [6.07, 6.45) is 4.88. The lowest BCUT2D eigenvalue weighted by Crippen LogP contribution is -2.35. The summed E-state index contributed by atoms with van der Waals surface area (Å²) in [4.78, 5) is 2.38. The van der Waals surface area contributed by atoms with Gasteiger partial charge in [0, 0.05) is 31.3 Å². The minimum atomic E-state index is 0.243. The van der Waals surface area contributed by atoms with E-state index >= 15 is 0 Å². The Bertz CT molecular complexity index is 975. The van der Waals surface area contributed by atoms with Crippen molar-refractivity contribution in [2.24, 2.45) is 5.92 Å². The summed E-state index contributed by atoms with van der Waals surface area (Å²) in [5.74, 6) is 3.27. The Morgan fingerprint density at radius 3 is 2.71 bits per heavy atom. The molecule has 1 unspecified atom stereocenters. The highest BCUT2D eigenvalue weighted by atomic mass is 32.2. The Balaban J connectivity index is 1.31. The van der Waals surface area contributed by atoms with E-state index in [9.17, 15) is 0 Å². The number of aromatic nitrogens is 4. The van der Waals surface area contributed by atoms with Gasteiger partial charge in [0.25, 0.3) is 0 Å². The average Bonchev–Trinajstić information content (AvgIpc) is 3.56. The Morgan fingerprint density at radius 1 is 1.10 bits per heavy atom. The van der Waals surface area contributed by atoms with Gasteiger partial charge in [0.2, 0.25) is 5.95 Å². The van der Waals surface area contributed by atoms with Crippen LogP contribution in [-0.4, -0.2) is 45.7 Å². The third kappa shape index (κ3) is 4.80. The largest absolute Gasteiger partial charge is 0.376 e. The molecule has 31 heavy (non-hydrogen) atoms. The van der Waals surface area contributed by atoms with Crippen LogP contribution in [0.3, 0.4) is 0 Å². The quantitative estimate of drug-likeness (QED) is 0.497. The van der Waals surface area contributed by atoms with Gasteiger partial charge in [0.1, 0.15) is 11.5 Å². The molecule has 0 N–H and O–H groups in total. The molecular formula is C23H29N5O2S. The number of nitrogens with zero attached hydrogens (tertiary/aromatic N) is 5. The maximum atomic E-state index is 5.92. The van der Waals surface area contributed by atoms with Gasteiger partial charge in [0.05, 0.1) is 18.4 Å². The summed E-state index contributed by atoms with van der Waals surface area (Å²) in [5.41, 5.74) is 1.92. The molecule has 3 aromatic rings. The molecular weight excluding hydrogens is 410 g/mol. The summed E-state index contributed by atoms with van der Waals surface area (Å²) in [6, 6.07) is 12.1. The molecule has 2 aliphatic rings. The highest BCUT2D eigenvalue weighted by molar-refractivity contribution is 7.98. The molecule has 2 fully saturated rings. The zero-order valence-corrected chi connectivity index (χ0v) is 18.8. The molecule has 4 heterocycles. The zero-order chi connectivity index (χ0) is 21.0. The fraction of sp³-hybridized carbons (Fsp3) is 0.522. The van der Waals surface area contributed by atoms with Gasteiger partial charge in [-0.25, -0.2) is 0 Å². The van der Waals surface area contributed by atoms with Crippen LogP contribution < -0.4 is 4.90 Å². The third-order valence-electron chi connectivity index (χ3n) is 6.15. The Labute approximate surface area is 187 Å². The third-order valence-corrected chi connectivity index (χ3v) is 7.14. The molecule has 0 spiro atoms. The van der Waals surface area contributed by atoms with Crippen molar-refractivity contribution < 1.29 is 9.26 Å². The van der Waals surface area contributed by atoms with Crippen LogP contribution >= 0.6 is 11.8 Å². The summed E-state index contributed by atoms with van der Waals surface area (Å²) >= 11 is 1.65. The molecule has 7 nitrogen and oxygen atoms in total. The van der Waals surface area contributed by atoms with E-state index in [0.29, 0.717) is 5.75 Å². The van der Waals surface area contributed by atoms with Crippen molar-refractivity contribution in [3.63, 3.8) is 0 Å². The first-order valence-electron chi connectivity index (χ1n) is 11.2. The molecule has 0 aliphatic carbocycles. The van der Waals surface area contributed by atoms with Crippen molar-refractivity contribution in [2.75, 3.05) is 24.6 Å². The van der Waals surface area contributed by atoms with E-state index in [4.69, 9.17) is 9.26 Å². The normalized spacial score (nSPS) is 19.9. The van der Waals surface area contributed by atoms with Crippen LogP contribution in [0.2, 0.25) is 0 Å². The number of benzene rings is 1. The van der Waals surface area contributed by atoms with E-state index in [0.717, 1.165) is 73.1 Å². The number of rotatable bonds is 7. The Morgan fingerprint density at radius 2 is 1.94 bits per heavy atom. The smallest absolute Gasteiger partial charge is 0.228 e. The van der Waals surface area contributed by atoms with Crippen LogP contribution in [0.4, 0.5) is 5.95 Å². The lowest BCUT2D eigenvalue weighted by Gasteiger charge is -2.31. The topological polar surface area (TPSA) is 69.2 Å². The van der Waals surface area contributed by atoms with Gasteiger partial charge in [0.15, 0.2) is 5.16 Å². The fourth-order valence-electron chi connectivity index (χ4n) is 4.24. The van der Waals surface area contributed by atoms with Gasteiger partial charge in [-0.05, 0) is 31.6 Å². The molecule has 0 amide bonds. The van der Waals surface area contributed by atoms with Crippen LogP contribution in [0, 0.1) is 5.92 Å². The number of thioether (sulfide) groups is 1. The van der Waals surface area contributed by atoms with Crippen molar-refractivity contribution >= 4 is 17.7 Å². The van der Waals surface area contributed by atoms with E-state index in [1.165, 1.54) is 12.8 Å². The summed E-state index contributed by atoms with van der Waals surface area (Å²) < 4.78 is 13.8. The minimum absolute atomic E-state index is 0.243. The molecule has 2 saturated heterocycles. The molecule has 5 rings (SSSR count). The maximum absolute atomic E-state index is 5.92. The minimum Gasteiger partial charge on any atom is -0.376 e. The monoisotopic (exact) mass is 439 g/mol. The molecule has 8 heteroatoms. The SMILES string of the molecule is CC1CCN(c2nnc(SCc3cc(-c4ccccc4)no3)n2CC2CCCO2)CC1. The van der Waals surface area contributed by atoms with Gasteiger partial charge < -0.3 is 14.2 Å². The number of hydrogen-bond donors (Lipinski definition) is 0. The van der Waals surface area contributed by atoms with Gasteiger partial charge in [-0.2, -0.15) is 0 Å². The zero-order valence-electron chi connectivity index (χ0n) is 17.9. The predicted molar refractivity (Wildman–Crippen MR) is 121 cm³/mol. The van der Waals surface area contributed by atoms with Gasteiger partial charge in [-0.3, -0.25) is 4.57 Å². The van der Waals surface area contributed by atoms with Crippen LogP contribution in [-0.2, 0) is 17.0 Å². The maximum Gasteiger partial charge on any atom is 0.228 e. The highest BCUT2D eigenvalue weighted by Gasteiger charge is 2.26. The highest BCUT2D eigenvalue weighted by Crippen LogP contribution is 2.30. The fourth-order valence-corrected chi connectivity index (χ4v) is 5.06. The first-order chi connectivity index (χ1) is 15.3. The molecule has 1 atom stereocenters. The van der Waals surface area contributed by atoms with Gasteiger partial charge in [-0.15, -0.1) is 10.2 Å². The van der Waals surface area contributed by atoms with E-state index < -0.39 is 0 Å². The van der Waals surface area contributed by atoms with Crippen molar-refractivity contribution in [3.05, 3.63) is 42.2 Å². The van der Waals surface area contributed by atoms with Crippen LogP contribution in [0.25, 0.3) is 11.3 Å². The van der Waals surface area contributed by atoms with E-state index in [1.807, 2.05) is 36.4 Å². The molecule has 0 bridgehead atoms. The van der Waals surface area contributed by atoms with Crippen LogP contribution in [0.5, 0.6) is 0 Å². The molecule has 0 radical (unpaired) electrons. The van der Waals surface area contributed by atoms with E-state index in [-0.39, 0.29) is 6.10 Å². The Hall–Kier alpha value is -2.32. The average molecular weight is 440 g/mol. The second kappa shape index (κ2) is 9.44. The number of anilines is 1. The molecule has 2 aliphatic heterocycles. The standard InChI is InChI=1S/C23H29N5O2S/c1-17-9-11-27(12-10-17)22-24-25-23(28(22)15-19-8-5-13-29-19)31-16-20-14-21(26-30-20)18-6-3-2-4-7-18/h2-4,6-7,14,17,19H,5,8-13,15-16H2,1H3. The summed E-state index contributed by atoms with van der Waals surface area (Å²) in [6.45, 7) is 6.07. The molecule has 1 aromatic carbocycles. The van der Waals surface area contributed by atoms with E-state index in [2.05, 4.69) is 31.7 Å². The predicted octanol–water partition coefficient (Wildman–Crippen LogP) is 4.64. The Kier molecular flexibility index (Phi) is 6.27. The van der Waals surface area contributed by atoms with Crippen LogP contribution in [0.1, 0.15) is 38.4 Å². The van der Waals surface area contributed by atoms with E-state index in [1.54, 1.807) is 11.8 Å². The first kappa shape index (κ1) is 20.6. The van der Waals surface area contributed by atoms with Gasteiger partial charge in [-0.1, -0.05) is 54.2 Å². The number of ether oxygens (including phenoxy) is 1. The van der Waals surface area contributed by atoms with Crippen molar-refractivity contribution in [2.45, 2.75) is 56.2 Å². The second-order valence-electron chi connectivity index (χ2n) is 8.53. The lowest BCUT2D eigenvalue weighted by atomic mass is 10.00. The van der Waals surface area contributed by atoms with Crippen molar-refractivity contribution in [1.29, 1.82) is 0 Å². The van der Waals surface area contributed by atoms with Crippen molar-refractivity contribution in [1.82, 2.24) is 19.9 Å². The summed E-state index contributed by atoms with van der Waals surface area (Å²) in [7, 11) is 0. The molecule has 164 valence electrons. The molecule has 2 aromatic heterocycles. The first-order valence-corrected chi connectivity index (χ1v) is 12.2. The van der Waals surface area contributed by atoms with Crippen molar-refractivity contribution in [3.8, 4) is 11.3 Å². The second-order valence-corrected chi connectivity index (χ2v) is 9.47. The lowest BCUT2D eigenvalue weighted by molar-refractivity contribution is 0.0951. The number of piperidine rings is 1. The number of hydrogen-bond acceptors (Lipinski definition) is 7. The molecule has 0 saturated carbocycles. The van der Waals surface area contributed by atoms with Gasteiger partial charge >= 0.3 is 0 Å². The van der Waals surface area contributed by atoms with Crippen LogP contribution in [0.15, 0.2) is 46.1 Å².